The number of nitrogens with zero attached hydrogens (tertiary/aromatic N) is 3. The summed E-state index contributed by atoms with van der Waals surface area (Å²) in [5, 5.41) is 2.86. The van der Waals surface area contributed by atoms with Gasteiger partial charge in [-0.3, -0.25) is 9.78 Å². The Hall–Kier alpha value is -2.11. The van der Waals surface area contributed by atoms with Gasteiger partial charge in [-0.25, -0.2) is 4.79 Å². The van der Waals surface area contributed by atoms with Crippen LogP contribution in [0.25, 0.3) is 0 Å². The van der Waals surface area contributed by atoms with Crippen LogP contribution in [0, 0.1) is 5.92 Å². The number of aromatic nitrogens is 1. The molecule has 24 heavy (non-hydrogen) atoms. The normalized spacial score (nSPS) is 19.2. The maximum absolute atomic E-state index is 12.5. The van der Waals surface area contributed by atoms with Crippen molar-refractivity contribution in [1.29, 1.82) is 0 Å². The minimum absolute atomic E-state index is 0.118. The second-order valence-electron chi connectivity index (χ2n) is 6.75. The van der Waals surface area contributed by atoms with Crippen molar-refractivity contribution in [2.24, 2.45) is 5.92 Å². The average molecular weight is 330 g/mol. The smallest absolute Gasteiger partial charge is 0.321 e. The number of anilines is 1. The number of carbonyl (C=O) groups is 2. The summed E-state index contributed by atoms with van der Waals surface area (Å²) in [7, 11) is 0. The molecule has 2 heterocycles. The average Bonchev–Trinajstić information content (AvgIpc) is 2.96. The number of amides is 3. The van der Waals surface area contributed by atoms with Crippen LogP contribution < -0.4 is 5.32 Å². The van der Waals surface area contributed by atoms with Crippen LogP contribution in [0.1, 0.15) is 38.5 Å². The van der Waals surface area contributed by atoms with Gasteiger partial charge in [0.15, 0.2) is 0 Å². The van der Waals surface area contributed by atoms with Gasteiger partial charge in [-0.15, -0.1) is 0 Å². The summed E-state index contributed by atoms with van der Waals surface area (Å²) in [5.74, 6) is 0.835. The van der Waals surface area contributed by atoms with Gasteiger partial charge >= 0.3 is 6.03 Å². The molecule has 1 aromatic heterocycles. The van der Waals surface area contributed by atoms with E-state index in [2.05, 4.69) is 10.3 Å². The Balaban J connectivity index is 1.49. The van der Waals surface area contributed by atoms with Gasteiger partial charge in [0.1, 0.15) is 0 Å². The molecular weight excluding hydrogens is 304 g/mol. The van der Waals surface area contributed by atoms with E-state index in [1.54, 1.807) is 23.4 Å². The Labute approximate surface area is 143 Å². The first-order valence-electron chi connectivity index (χ1n) is 8.96. The van der Waals surface area contributed by atoms with Crippen molar-refractivity contribution in [3.05, 3.63) is 24.5 Å². The number of hydrogen-bond acceptors (Lipinski definition) is 3. The summed E-state index contributed by atoms with van der Waals surface area (Å²) >= 11 is 0. The third-order valence-corrected chi connectivity index (χ3v) is 4.99. The lowest BCUT2D eigenvalue weighted by atomic mass is 10.0. The van der Waals surface area contributed by atoms with E-state index in [4.69, 9.17) is 0 Å². The van der Waals surface area contributed by atoms with Crippen LogP contribution in [0.5, 0.6) is 0 Å². The predicted octanol–water partition coefficient (Wildman–Crippen LogP) is 2.73. The number of hydrogen-bond donors (Lipinski definition) is 1. The van der Waals surface area contributed by atoms with Gasteiger partial charge in [-0.1, -0.05) is 12.8 Å². The third-order valence-electron chi connectivity index (χ3n) is 4.99. The largest absolute Gasteiger partial charge is 0.341 e. The standard InChI is InChI=1S/C18H26N4O2/c23-17(13-15-5-1-2-6-15)21-9-4-10-22(12-11-21)18(24)20-16-7-3-8-19-14-16/h3,7-8,14-15H,1-2,4-6,9-13H2,(H,20,24). The lowest BCUT2D eigenvalue weighted by Crippen LogP contribution is -2.39. The highest BCUT2D eigenvalue weighted by Crippen LogP contribution is 2.28. The highest BCUT2D eigenvalue weighted by molar-refractivity contribution is 5.89. The molecule has 1 saturated carbocycles. The number of rotatable bonds is 3. The fourth-order valence-corrected chi connectivity index (χ4v) is 3.60. The molecule has 0 radical (unpaired) electrons. The van der Waals surface area contributed by atoms with Crippen molar-refractivity contribution >= 4 is 17.6 Å². The van der Waals surface area contributed by atoms with Gasteiger partial charge < -0.3 is 15.1 Å². The fraction of sp³-hybridized carbons (Fsp3) is 0.611. The van der Waals surface area contributed by atoms with Gasteiger partial charge in [0.25, 0.3) is 0 Å². The van der Waals surface area contributed by atoms with E-state index in [0.29, 0.717) is 37.7 Å². The molecule has 0 atom stereocenters. The zero-order valence-electron chi connectivity index (χ0n) is 14.1. The van der Waals surface area contributed by atoms with E-state index < -0.39 is 0 Å². The molecule has 130 valence electrons. The minimum Gasteiger partial charge on any atom is -0.341 e. The Morgan fingerprint density at radius 3 is 2.58 bits per heavy atom. The van der Waals surface area contributed by atoms with E-state index >= 15 is 0 Å². The fourth-order valence-electron chi connectivity index (χ4n) is 3.60. The van der Waals surface area contributed by atoms with Gasteiger partial charge in [-0.2, -0.15) is 0 Å². The summed E-state index contributed by atoms with van der Waals surface area (Å²) in [6.07, 6.45) is 9.74. The summed E-state index contributed by atoms with van der Waals surface area (Å²) in [6.45, 7) is 2.65. The van der Waals surface area contributed by atoms with Crippen molar-refractivity contribution in [1.82, 2.24) is 14.8 Å². The molecule has 1 aromatic rings. The van der Waals surface area contributed by atoms with Gasteiger partial charge in [0, 0.05) is 38.8 Å². The van der Waals surface area contributed by atoms with Gasteiger partial charge in [0.2, 0.25) is 5.91 Å². The van der Waals surface area contributed by atoms with Crippen molar-refractivity contribution < 1.29 is 9.59 Å². The van der Waals surface area contributed by atoms with E-state index in [-0.39, 0.29) is 11.9 Å². The molecule has 0 bridgehead atoms. The molecule has 6 nitrogen and oxygen atoms in total. The van der Waals surface area contributed by atoms with E-state index in [0.717, 1.165) is 13.0 Å². The van der Waals surface area contributed by atoms with Crippen LogP contribution in [0.3, 0.4) is 0 Å². The van der Waals surface area contributed by atoms with Crippen LogP contribution in [0.2, 0.25) is 0 Å². The van der Waals surface area contributed by atoms with Crippen LogP contribution in [-0.4, -0.2) is 52.9 Å². The Morgan fingerprint density at radius 1 is 1.08 bits per heavy atom. The van der Waals surface area contributed by atoms with Crippen LogP contribution >= 0.6 is 0 Å². The van der Waals surface area contributed by atoms with Crippen LogP contribution in [-0.2, 0) is 4.79 Å². The summed E-state index contributed by atoms with van der Waals surface area (Å²) in [4.78, 5) is 32.6. The molecule has 1 aliphatic carbocycles. The lowest BCUT2D eigenvalue weighted by Gasteiger charge is -2.23. The second-order valence-corrected chi connectivity index (χ2v) is 6.75. The number of pyridine rings is 1. The Bertz CT molecular complexity index is 557. The molecule has 2 aliphatic rings. The van der Waals surface area contributed by atoms with E-state index in [1.165, 1.54) is 25.7 Å². The first-order chi connectivity index (χ1) is 11.7. The second kappa shape index (κ2) is 8.13. The topological polar surface area (TPSA) is 65.5 Å². The number of carbonyl (C=O) groups excluding carboxylic acids is 2. The third kappa shape index (κ3) is 4.46. The highest BCUT2D eigenvalue weighted by atomic mass is 16.2. The molecule has 0 unspecified atom stereocenters. The monoisotopic (exact) mass is 330 g/mol. The number of nitrogens with one attached hydrogen (secondary N) is 1. The van der Waals surface area contributed by atoms with E-state index in [9.17, 15) is 9.59 Å². The van der Waals surface area contributed by atoms with Gasteiger partial charge in [0.05, 0.1) is 11.9 Å². The van der Waals surface area contributed by atoms with Crippen LogP contribution in [0.15, 0.2) is 24.5 Å². The first-order valence-corrected chi connectivity index (χ1v) is 8.96. The maximum atomic E-state index is 12.5. The molecule has 6 heteroatoms. The van der Waals surface area contributed by atoms with Crippen molar-refractivity contribution in [3.8, 4) is 0 Å². The summed E-state index contributed by atoms with van der Waals surface area (Å²) in [6, 6.07) is 3.50. The van der Waals surface area contributed by atoms with Crippen LogP contribution in [0.4, 0.5) is 10.5 Å². The first kappa shape index (κ1) is 16.7. The summed E-state index contributed by atoms with van der Waals surface area (Å²) < 4.78 is 0. The molecule has 3 amide bonds. The molecular formula is C18H26N4O2. The minimum atomic E-state index is -0.118. The van der Waals surface area contributed by atoms with Crippen molar-refractivity contribution in [3.63, 3.8) is 0 Å². The van der Waals surface area contributed by atoms with E-state index in [1.807, 2.05) is 11.0 Å². The highest BCUT2D eigenvalue weighted by Gasteiger charge is 2.25. The molecule has 3 rings (SSSR count). The molecule has 1 N–H and O–H groups in total. The zero-order chi connectivity index (χ0) is 16.8. The predicted molar refractivity (Wildman–Crippen MR) is 92.6 cm³/mol. The van der Waals surface area contributed by atoms with Gasteiger partial charge in [-0.05, 0) is 37.3 Å². The maximum Gasteiger partial charge on any atom is 0.321 e. The molecule has 0 aromatic carbocycles. The molecule has 1 aliphatic heterocycles. The SMILES string of the molecule is O=C(CC1CCCC1)N1CCCN(C(=O)Nc2cccnc2)CC1. The van der Waals surface area contributed by atoms with Crippen molar-refractivity contribution in [2.75, 3.05) is 31.5 Å². The number of urea groups is 1. The van der Waals surface area contributed by atoms with Crippen molar-refractivity contribution in [2.45, 2.75) is 38.5 Å². The Kier molecular flexibility index (Phi) is 5.67. The molecule has 2 fully saturated rings. The summed E-state index contributed by atoms with van der Waals surface area (Å²) in [5.41, 5.74) is 0.695. The lowest BCUT2D eigenvalue weighted by molar-refractivity contribution is -0.132. The zero-order valence-corrected chi connectivity index (χ0v) is 14.1. The Morgan fingerprint density at radius 2 is 1.83 bits per heavy atom. The quantitative estimate of drug-likeness (QED) is 0.927. The molecule has 1 saturated heterocycles. The molecule has 0 spiro atoms.